The predicted octanol–water partition coefficient (Wildman–Crippen LogP) is 2.27. The molecule has 0 aromatic carbocycles. The fourth-order valence-corrected chi connectivity index (χ4v) is 4.10. The van der Waals surface area contributed by atoms with Gasteiger partial charge >= 0.3 is 0 Å². The lowest BCUT2D eigenvalue weighted by atomic mass is 10.2. The zero-order valence-corrected chi connectivity index (χ0v) is 14.2. The third-order valence-electron chi connectivity index (χ3n) is 4.05. The Kier molecular flexibility index (Phi) is 5.70. The predicted molar refractivity (Wildman–Crippen MR) is 88.8 cm³/mol. The van der Waals surface area contributed by atoms with Crippen LogP contribution >= 0.6 is 11.8 Å². The molecule has 0 aliphatic heterocycles. The van der Waals surface area contributed by atoms with Crippen LogP contribution in [-0.4, -0.2) is 51.2 Å². The van der Waals surface area contributed by atoms with E-state index in [-0.39, 0.29) is 5.91 Å². The van der Waals surface area contributed by atoms with Gasteiger partial charge in [0.1, 0.15) is 5.82 Å². The zero-order valence-electron chi connectivity index (χ0n) is 13.4. The highest BCUT2D eigenvalue weighted by Crippen LogP contribution is 2.32. The Morgan fingerprint density at radius 2 is 2.33 bits per heavy atom. The quantitative estimate of drug-likeness (QED) is 0.876. The number of anilines is 1. The topological polar surface area (TPSA) is 50.2 Å². The molecular formula is C15H26N4OS. The third-order valence-corrected chi connectivity index (χ3v) is 5.28. The van der Waals surface area contributed by atoms with Crippen LogP contribution in [0.3, 0.4) is 0 Å². The summed E-state index contributed by atoms with van der Waals surface area (Å²) in [5.74, 6) is 1.98. The van der Waals surface area contributed by atoms with Crippen LogP contribution in [-0.2, 0) is 11.8 Å². The lowest BCUT2D eigenvalue weighted by molar-refractivity contribution is -0.117. The molecule has 5 nitrogen and oxygen atoms in total. The highest BCUT2D eigenvalue weighted by molar-refractivity contribution is 7.99. The monoisotopic (exact) mass is 310 g/mol. The van der Waals surface area contributed by atoms with E-state index < -0.39 is 0 Å². The van der Waals surface area contributed by atoms with Crippen molar-refractivity contribution in [3.05, 3.63) is 11.8 Å². The highest BCUT2D eigenvalue weighted by atomic mass is 32.2. The van der Waals surface area contributed by atoms with Gasteiger partial charge in [-0.05, 0) is 39.0 Å². The van der Waals surface area contributed by atoms with Crippen molar-refractivity contribution in [2.45, 2.75) is 44.4 Å². The second-order valence-corrected chi connectivity index (χ2v) is 7.38. The standard InChI is InChI=1S/C15H26N4OS/c1-5-21-13-7-6-12(9-13)18(3)10-15(20)16-14-8-11(2)17-19(14)4/h8,12-13H,5-7,9-10H2,1-4H3,(H,16,20)/t12-,13+/m1/s1. The Labute approximate surface area is 131 Å². The maximum absolute atomic E-state index is 12.1. The average Bonchev–Trinajstić information content (AvgIpc) is 2.97. The molecule has 1 aromatic rings. The van der Waals surface area contributed by atoms with Crippen molar-refractivity contribution in [2.24, 2.45) is 7.05 Å². The molecule has 1 aliphatic rings. The normalized spacial score (nSPS) is 22.0. The average molecular weight is 310 g/mol. The second-order valence-electron chi connectivity index (χ2n) is 5.80. The van der Waals surface area contributed by atoms with Crippen molar-refractivity contribution in [3.8, 4) is 0 Å². The molecule has 1 N–H and O–H groups in total. The van der Waals surface area contributed by atoms with Crippen molar-refractivity contribution in [2.75, 3.05) is 24.7 Å². The van der Waals surface area contributed by atoms with Crippen LogP contribution in [0.1, 0.15) is 31.9 Å². The van der Waals surface area contributed by atoms with Gasteiger partial charge in [-0.15, -0.1) is 0 Å². The third kappa shape index (κ3) is 4.48. The molecule has 1 aromatic heterocycles. The molecule has 0 bridgehead atoms. The van der Waals surface area contributed by atoms with Gasteiger partial charge in [-0.3, -0.25) is 14.4 Å². The van der Waals surface area contributed by atoms with Crippen LogP contribution in [0.2, 0.25) is 0 Å². The molecule has 2 atom stereocenters. The maximum atomic E-state index is 12.1. The van der Waals surface area contributed by atoms with Crippen LogP contribution in [0.5, 0.6) is 0 Å². The number of nitrogens with one attached hydrogen (secondary N) is 1. The van der Waals surface area contributed by atoms with Crippen LogP contribution in [0, 0.1) is 6.92 Å². The van der Waals surface area contributed by atoms with Crippen molar-refractivity contribution in [3.63, 3.8) is 0 Å². The number of carbonyl (C=O) groups is 1. The minimum Gasteiger partial charge on any atom is -0.310 e. The molecule has 1 fully saturated rings. The van der Waals surface area contributed by atoms with E-state index >= 15 is 0 Å². The summed E-state index contributed by atoms with van der Waals surface area (Å²) in [6.07, 6.45) is 3.68. The number of hydrogen-bond donors (Lipinski definition) is 1. The Bertz CT molecular complexity index is 488. The fraction of sp³-hybridized carbons (Fsp3) is 0.733. The molecule has 2 rings (SSSR count). The van der Waals surface area contributed by atoms with E-state index in [1.165, 1.54) is 25.0 Å². The van der Waals surface area contributed by atoms with Crippen LogP contribution in [0.25, 0.3) is 0 Å². The molecule has 1 heterocycles. The molecule has 6 heteroatoms. The van der Waals surface area contributed by atoms with E-state index in [1.807, 2.05) is 31.8 Å². The Balaban J connectivity index is 1.81. The fourth-order valence-electron chi connectivity index (χ4n) is 2.97. The van der Waals surface area contributed by atoms with Crippen LogP contribution in [0.4, 0.5) is 5.82 Å². The summed E-state index contributed by atoms with van der Waals surface area (Å²) in [6.45, 7) is 4.58. The minimum absolute atomic E-state index is 0.0343. The number of carbonyl (C=O) groups excluding carboxylic acids is 1. The first-order valence-electron chi connectivity index (χ1n) is 7.62. The molecule has 0 radical (unpaired) electrons. The lowest BCUT2D eigenvalue weighted by Crippen LogP contribution is -2.37. The van der Waals surface area contributed by atoms with Gasteiger partial charge in [0.15, 0.2) is 0 Å². The number of rotatable bonds is 6. The van der Waals surface area contributed by atoms with Gasteiger partial charge in [-0.1, -0.05) is 6.92 Å². The van der Waals surface area contributed by atoms with E-state index in [4.69, 9.17) is 0 Å². The number of hydrogen-bond acceptors (Lipinski definition) is 4. The van der Waals surface area contributed by atoms with Crippen molar-refractivity contribution in [1.29, 1.82) is 0 Å². The molecule has 1 amide bonds. The Hall–Kier alpha value is -1.01. The summed E-state index contributed by atoms with van der Waals surface area (Å²) in [5.41, 5.74) is 0.913. The van der Waals surface area contributed by atoms with Crippen molar-refractivity contribution < 1.29 is 4.79 Å². The van der Waals surface area contributed by atoms with Gasteiger partial charge in [-0.2, -0.15) is 16.9 Å². The van der Waals surface area contributed by atoms with E-state index in [9.17, 15) is 4.79 Å². The molecule has 1 aliphatic carbocycles. The summed E-state index contributed by atoms with van der Waals surface area (Å²) in [7, 11) is 3.90. The molecular weight excluding hydrogens is 284 g/mol. The Morgan fingerprint density at radius 3 is 2.95 bits per heavy atom. The summed E-state index contributed by atoms with van der Waals surface area (Å²) in [5, 5.41) is 7.94. The molecule has 21 heavy (non-hydrogen) atoms. The summed E-state index contributed by atoms with van der Waals surface area (Å²) in [4.78, 5) is 14.3. The first-order chi connectivity index (χ1) is 9.99. The van der Waals surface area contributed by atoms with Crippen molar-refractivity contribution in [1.82, 2.24) is 14.7 Å². The van der Waals surface area contributed by atoms with Crippen LogP contribution < -0.4 is 5.32 Å². The van der Waals surface area contributed by atoms with Gasteiger partial charge in [0.05, 0.1) is 12.2 Å². The van der Waals surface area contributed by atoms with Crippen LogP contribution in [0.15, 0.2) is 6.07 Å². The summed E-state index contributed by atoms with van der Waals surface area (Å²) in [6, 6.07) is 2.43. The van der Waals surface area contributed by atoms with E-state index in [2.05, 4.69) is 29.3 Å². The first-order valence-corrected chi connectivity index (χ1v) is 8.66. The van der Waals surface area contributed by atoms with E-state index in [0.717, 1.165) is 16.8 Å². The molecule has 118 valence electrons. The molecule has 1 saturated carbocycles. The number of thioether (sulfide) groups is 1. The van der Waals surface area contributed by atoms with Gasteiger partial charge in [0.25, 0.3) is 0 Å². The minimum atomic E-state index is 0.0343. The highest BCUT2D eigenvalue weighted by Gasteiger charge is 2.28. The lowest BCUT2D eigenvalue weighted by Gasteiger charge is -2.23. The molecule has 0 spiro atoms. The summed E-state index contributed by atoms with van der Waals surface area (Å²) < 4.78 is 1.71. The Morgan fingerprint density at radius 1 is 1.57 bits per heavy atom. The molecule has 0 saturated heterocycles. The smallest absolute Gasteiger partial charge is 0.239 e. The number of amides is 1. The van der Waals surface area contributed by atoms with E-state index in [0.29, 0.717) is 12.6 Å². The van der Waals surface area contributed by atoms with Gasteiger partial charge in [0.2, 0.25) is 5.91 Å². The number of aryl methyl sites for hydroxylation is 2. The maximum Gasteiger partial charge on any atom is 0.239 e. The summed E-state index contributed by atoms with van der Waals surface area (Å²) >= 11 is 2.05. The largest absolute Gasteiger partial charge is 0.310 e. The van der Waals surface area contributed by atoms with Gasteiger partial charge in [-0.25, -0.2) is 0 Å². The van der Waals surface area contributed by atoms with Gasteiger partial charge < -0.3 is 5.32 Å². The number of likely N-dealkylation sites (N-methyl/N-ethyl adjacent to an activating group) is 1. The number of nitrogens with zero attached hydrogens (tertiary/aromatic N) is 3. The van der Waals surface area contributed by atoms with E-state index in [1.54, 1.807) is 4.68 Å². The second kappa shape index (κ2) is 7.31. The zero-order chi connectivity index (χ0) is 15.4. The number of aromatic nitrogens is 2. The SMILES string of the molecule is CCS[C@H]1CC[C@@H](N(C)CC(=O)Nc2cc(C)nn2C)C1. The van der Waals surface area contributed by atoms with Gasteiger partial charge in [0, 0.05) is 24.4 Å². The van der Waals surface area contributed by atoms with Crippen molar-refractivity contribution >= 4 is 23.5 Å². The molecule has 0 unspecified atom stereocenters. The first kappa shape index (κ1) is 16.4.